The molecule has 0 saturated heterocycles. The van der Waals surface area contributed by atoms with Gasteiger partial charge in [-0.3, -0.25) is 0 Å². The molecule has 23 heavy (non-hydrogen) atoms. The van der Waals surface area contributed by atoms with Gasteiger partial charge >= 0.3 is 5.97 Å². The number of esters is 1. The second-order valence-corrected chi connectivity index (χ2v) is 7.06. The SMILES string of the molecule is CC(C)(COC(=O)c1cc2ccccc2s1)c1ccccc1.[Sn]. The molecule has 0 bridgehead atoms. The Morgan fingerprint density at radius 2 is 1.70 bits per heavy atom. The van der Waals surface area contributed by atoms with Crippen LogP contribution in [0.2, 0.25) is 0 Å². The Hall–Kier alpha value is -1.33. The molecule has 0 fully saturated rings. The molecule has 0 N–H and O–H groups in total. The van der Waals surface area contributed by atoms with Crippen molar-refractivity contribution in [2.45, 2.75) is 19.3 Å². The van der Waals surface area contributed by atoms with Crippen LogP contribution in [-0.4, -0.2) is 36.5 Å². The molecule has 1 aromatic heterocycles. The molecule has 3 rings (SSSR count). The van der Waals surface area contributed by atoms with Crippen molar-refractivity contribution in [1.82, 2.24) is 0 Å². The van der Waals surface area contributed by atoms with Crippen molar-refractivity contribution in [1.29, 1.82) is 0 Å². The summed E-state index contributed by atoms with van der Waals surface area (Å²) in [6.45, 7) is 4.53. The number of hydrogen-bond donors (Lipinski definition) is 0. The molecule has 0 aliphatic rings. The van der Waals surface area contributed by atoms with E-state index < -0.39 is 0 Å². The van der Waals surface area contributed by atoms with Crippen molar-refractivity contribution in [3.8, 4) is 0 Å². The van der Waals surface area contributed by atoms with Crippen LogP contribution in [0.3, 0.4) is 0 Å². The van der Waals surface area contributed by atoms with Crippen LogP contribution in [0.25, 0.3) is 10.1 Å². The topological polar surface area (TPSA) is 26.3 Å². The van der Waals surface area contributed by atoms with Crippen LogP contribution in [0.1, 0.15) is 29.1 Å². The number of carbonyl (C=O) groups excluding carboxylic acids is 1. The van der Waals surface area contributed by atoms with Gasteiger partial charge in [-0.1, -0.05) is 62.4 Å². The largest absolute Gasteiger partial charge is 0.461 e. The summed E-state index contributed by atoms with van der Waals surface area (Å²) in [7, 11) is 0. The molecule has 0 atom stereocenters. The summed E-state index contributed by atoms with van der Waals surface area (Å²) in [6.07, 6.45) is 0. The number of benzene rings is 2. The minimum atomic E-state index is -0.245. The van der Waals surface area contributed by atoms with Gasteiger partial charge in [0.2, 0.25) is 0 Å². The average molecular weight is 429 g/mol. The number of ether oxygens (including phenoxy) is 1. The number of hydrogen-bond acceptors (Lipinski definition) is 3. The van der Waals surface area contributed by atoms with Crippen LogP contribution >= 0.6 is 11.3 Å². The minimum absolute atomic E-state index is 0. The summed E-state index contributed by atoms with van der Waals surface area (Å²) in [5.41, 5.74) is 0.965. The molecular weight excluding hydrogens is 411 g/mol. The normalized spacial score (nSPS) is 11.0. The summed E-state index contributed by atoms with van der Waals surface area (Å²) in [6, 6.07) is 20.0. The first-order valence-electron chi connectivity index (χ1n) is 7.27. The molecule has 0 aliphatic carbocycles. The van der Waals surface area contributed by atoms with Gasteiger partial charge in [0, 0.05) is 34.0 Å². The zero-order valence-corrected chi connectivity index (χ0v) is 16.9. The summed E-state index contributed by atoms with van der Waals surface area (Å²) in [4.78, 5) is 12.9. The van der Waals surface area contributed by atoms with E-state index in [9.17, 15) is 4.79 Å². The smallest absolute Gasteiger partial charge is 0.348 e. The molecule has 0 aliphatic heterocycles. The maximum Gasteiger partial charge on any atom is 0.348 e. The van der Waals surface area contributed by atoms with Gasteiger partial charge in [-0.2, -0.15) is 0 Å². The van der Waals surface area contributed by atoms with Crippen LogP contribution in [0, 0.1) is 0 Å². The first-order chi connectivity index (χ1) is 10.6. The van der Waals surface area contributed by atoms with Crippen LogP contribution in [-0.2, 0) is 10.2 Å². The molecule has 4 radical (unpaired) electrons. The first kappa shape index (κ1) is 18.0. The quantitative estimate of drug-likeness (QED) is 0.446. The third kappa shape index (κ3) is 4.15. The fraction of sp³-hybridized carbons (Fsp3) is 0.211. The van der Waals surface area contributed by atoms with Gasteiger partial charge in [0.05, 0.1) is 0 Å². The Bertz CT molecular complexity index is 760. The van der Waals surface area contributed by atoms with Crippen molar-refractivity contribution >= 4 is 51.3 Å². The standard InChI is InChI=1S/C19H18O2S.Sn/c1-19(2,15-9-4-3-5-10-15)13-21-18(20)17-12-14-8-6-7-11-16(14)22-17;/h3-12H,13H2,1-2H3;. The molecule has 2 nitrogen and oxygen atoms in total. The zero-order valence-electron chi connectivity index (χ0n) is 13.2. The summed E-state index contributed by atoms with van der Waals surface area (Å²) >= 11 is 1.48. The van der Waals surface area contributed by atoms with E-state index >= 15 is 0 Å². The summed E-state index contributed by atoms with van der Waals surface area (Å²) < 4.78 is 6.66. The minimum Gasteiger partial charge on any atom is -0.461 e. The van der Waals surface area contributed by atoms with Gasteiger partial charge in [-0.15, -0.1) is 11.3 Å². The van der Waals surface area contributed by atoms with Crippen molar-refractivity contribution in [2.24, 2.45) is 0 Å². The Labute approximate surface area is 157 Å². The van der Waals surface area contributed by atoms with Crippen molar-refractivity contribution in [3.05, 3.63) is 71.1 Å². The molecule has 1 heterocycles. The molecular formula is C19H18O2SSn. The number of rotatable bonds is 4. The number of thiophene rings is 1. The second-order valence-electron chi connectivity index (χ2n) is 5.97. The fourth-order valence-electron chi connectivity index (χ4n) is 2.37. The monoisotopic (exact) mass is 430 g/mol. The Morgan fingerprint density at radius 1 is 1.04 bits per heavy atom. The van der Waals surface area contributed by atoms with E-state index in [0.29, 0.717) is 11.5 Å². The molecule has 2 aromatic carbocycles. The molecule has 116 valence electrons. The van der Waals surface area contributed by atoms with Crippen LogP contribution in [0.5, 0.6) is 0 Å². The third-order valence-electron chi connectivity index (χ3n) is 3.75. The Kier molecular flexibility index (Phi) is 5.87. The third-order valence-corrected chi connectivity index (χ3v) is 4.84. The Balaban J connectivity index is 0.00000192. The maximum atomic E-state index is 12.3. The maximum absolute atomic E-state index is 12.3. The van der Waals surface area contributed by atoms with E-state index in [1.165, 1.54) is 16.9 Å². The van der Waals surface area contributed by atoms with E-state index in [2.05, 4.69) is 26.0 Å². The van der Waals surface area contributed by atoms with Gasteiger partial charge in [-0.25, -0.2) is 4.79 Å². The van der Waals surface area contributed by atoms with Gasteiger partial charge in [-0.05, 0) is 23.1 Å². The average Bonchev–Trinajstić information content (AvgIpc) is 2.98. The van der Waals surface area contributed by atoms with E-state index in [-0.39, 0.29) is 35.3 Å². The number of fused-ring (bicyclic) bond motifs is 1. The van der Waals surface area contributed by atoms with Crippen LogP contribution < -0.4 is 0 Å². The van der Waals surface area contributed by atoms with Crippen LogP contribution in [0.4, 0.5) is 0 Å². The molecule has 0 spiro atoms. The van der Waals surface area contributed by atoms with Gasteiger partial charge in [0.1, 0.15) is 11.5 Å². The van der Waals surface area contributed by atoms with E-state index in [0.717, 1.165) is 10.1 Å². The second kappa shape index (κ2) is 7.49. The molecule has 0 amide bonds. The van der Waals surface area contributed by atoms with E-state index in [4.69, 9.17) is 4.74 Å². The molecule has 0 saturated carbocycles. The zero-order chi connectivity index (χ0) is 15.6. The first-order valence-corrected chi connectivity index (χ1v) is 8.09. The summed E-state index contributed by atoms with van der Waals surface area (Å²) in [5.74, 6) is -0.245. The summed E-state index contributed by atoms with van der Waals surface area (Å²) in [5, 5.41) is 1.08. The van der Waals surface area contributed by atoms with Crippen molar-refractivity contribution in [3.63, 3.8) is 0 Å². The number of carbonyl (C=O) groups is 1. The molecule has 0 unspecified atom stereocenters. The molecule has 4 heteroatoms. The van der Waals surface area contributed by atoms with E-state index in [1.807, 2.05) is 48.5 Å². The van der Waals surface area contributed by atoms with Crippen molar-refractivity contribution in [2.75, 3.05) is 6.61 Å². The van der Waals surface area contributed by atoms with Gasteiger partial charge in [0.15, 0.2) is 0 Å². The fourth-order valence-corrected chi connectivity index (χ4v) is 3.33. The van der Waals surface area contributed by atoms with Gasteiger partial charge in [0.25, 0.3) is 0 Å². The van der Waals surface area contributed by atoms with Crippen molar-refractivity contribution < 1.29 is 9.53 Å². The van der Waals surface area contributed by atoms with Crippen LogP contribution in [0.15, 0.2) is 60.7 Å². The van der Waals surface area contributed by atoms with Gasteiger partial charge < -0.3 is 4.74 Å². The molecule has 3 aromatic rings. The van der Waals surface area contributed by atoms with E-state index in [1.54, 1.807) is 0 Å². The predicted octanol–water partition coefficient (Wildman–Crippen LogP) is 4.66. The predicted molar refractivity (Wildman–Crippen MR) is 97.3 cm³/mol. The Morgan fingerprint density at radius 3 is 2.39 bits per heavy atom.